The molecule has 1 saturated heterocycles. The molecule has 1 atom stereocenters. The van der Waals surface area contributed by atoms with Crippen LogP contribution in [0.1, 0.15) is 60.9 Å². The quantitative estimate of drug-likeness (QED) is 0.741. The Hall–Kier alpha value is -0.690. The van der Waals surface area contributed by atoms with Crippen LogP contribution in [0.5, 0.6) is 0 Å². The maximum atomic E-state index is 12.6. The van der Waals surface area contributed by atoms with Crippen LogP contribution in [0.3, 0.4) is 0 Å². The number of nitrogens with zero attached hydrogens (tertiary/aromatic N) is 1. The molecule has 24 heavy (non-hydrogen) atoms. The van der Waals surface area contributed by atoms with Gasteiger partial charge in [-0.25, -0.2) is 4.98 Å². The Morgan fingerprint density at radius 3 is 2.54 bits per heavy atom. The number of aliphatic hydroxyl groups is 1. The van der Waals surface area contributed by atoms with Crippen molar-refractivity contribution in [1.29, 1.82) is 0 Å². The second-order valence-electron chi connectivity index (χ2n) is 7.20. The number of hydrogen-bond acceptors (Lipinski definition) is 5. The number of carbonyl (C=O) groups excluding carboxylic acids is 1. The summed E-state index contributed by atoms with van der Waals surface area (Å²) in [6.07, 6.45) is 3.61. The van der Waals surface area contributed by atoms with Crippen molar-refractivity contribution >= 4 is 29.7 Å². The fraction of sp³-hybridized carbons (Fsp3) is 0.765. The lowest BCUT2D eigenvalue weighted by Gasteiger charge is -2.43. The van der Waals surface area contributed by atoms with Gasteiger partial charge in [-0.15, -0.1) is 23.7 Å². The molecule has 7 heteroatoms. The van der Waals surface area contributed by atoms with Crippen LogP contribution in [0.4, 0.5) is 0 Å². The normalized spacial score (nSPS) is 25.7. The lowest BCUT2D eigenvalue weighted by molar-refractivity contribution is 0.00918. The molecule has 3 N–H and O–H groups in total. The summed E-state index contributed by atoms with van der Waals surface area (Å²) in [6.45, 7) is 6.21. The Bertz CT molecular complexity index is 540. The molecule has 1 saturated carbocycles. The second-order valence-corrected chi connectivity index (χ2v) is 8.06. The monoisotopic (exact) mass is 373 g/mol. The van der Waals surface area contributed by atoms with Gasteiger partial charge in [0.05, 0.1) is 11.8 Å². The van der Waals surface area contributed by atoms with Crippen LogP contribution in [0, 0.1) is 11.8 Å². The van der Waals surface area contributed by atoms with Crippen LogP contribution in [0.25, 0.3) is 0 Å². The summed E-state index contributed by atoms with van der Waals surface area (Å²) in [5.41, 5.74) is 0.984. The predicted octanol–water partition coefficient (Wildman–Crippen LogP) is 2.56. The van der Waals surface area contributed by atoms with Crippen LogP contribution in [-0.4, -0.2) is 41.2 Å². The number of aliphatic hydroxyl groups excluding tert-OH is 1. The number of aromatic nitrogens is 1. The molecule has 0 radical (unpaired) electrons. The summed E-state index contributed by atoms with van der Waals surface area (Å²) in [6, 6.07) is 0.166. The molecule has 1 aromatic heterocycles. The molecule has 2 fully saturated rings. The minimum atomic E-state index is -0.187. The van der Waals surface area contributed by atoms with Gasteiger partial charge in [-0.05, 0) is 56.5 Å². The van der Waals surface area contributed by atoms with Gasteiger partial charge in [0.1, 0.15) is 0 Å². The Labute approximate surface area is 154 Å². The van der Waals surface area contributed by atoms with E-state index in [4.69, 9.17) is 0 Å². The van der Waals surface area contributed by atoms with Crippen molar-refractivity contribution in [3.8, 4) is 0 Å². The smallest absolute Gasteiger partial charge is 0.280 e. The number of nitrogens with one attached hydrogen (secondary N) is 2. The van der Waals surface area contributed by atoms with E-state index in [-0.39, 0.29) is 30.5 Å². The molecule has 1 amide bonds. The molecule has 5 nitrogen and oxygen atoms in total. The van der Waals surface area contributed by atoms with Gasteiger partial charge in [0, 0.05) is 11.4 Å². The third-order valence-corrected chi connectivity index (χ3v) is 6.01. The molecule has 2 heterocycles. The number of halogens is 1. The van der Waals surface area contributed by atoms with Crippen LogP contribution in [0.2, 0.25) is 0 Å². The zero-order chi connectivity index (χ0) is 16.4. The van der Waals surface area contributed by atoms with Gasteiger partial charge < -0.3 is 15.7 Å². The molecule has 0 aromatic carbocycles. The third kappa shape index (κ3) is 4.48. The van der Waals surface area contributed by atoms with Gasteiger partial charge in [0.15, 0.2) is 5.01 Å². The van der Waals surface area contributed by atoms with Gasteiger partial charge in [-0.3, -0.25) is 4.79 Å². The first-order valence-electron chi connectivity index (χ1n) is 8.69. The number of rotatable bonds is 5. The fourth-order valence-corrected chi connectivity index (χ4v) is 4.50. The minimum Gasteiger partial charge on any atom is -0.393 e. The fourth-order valence-electron chi connectivity index (χ4n) is 3.62. The Balaban J connectivity index is 0.00000208. The summed E-state index contributed by atoms with van der Waals surface area (Å²) < 4.78 is 0. The average molecular weight is 374 g/mol. The molecule has 0 spiro atoms. The first kappa shape index (κ1) is 19.6. The van der Waals surface area contributed by atoms with E-state index in [9.17, 15) is 9.90 Å². The van der Waals surface area contributed by atoms with Crippen LogP contribution in [0.15, 0.2) is 5.38 Å². The summed E-state index contributed by atoms with van der Waals surface area (Å²) in [7, 11) is 0. The van der Waals surface area contributed by atoms with Gasteiger partial charge in [-0.2, -0.15) is 0 Å². The van der Waals surface area contributed by atoms with E-state index in [2.05, 4.69) is 29.5 Å². The standard InChI is InChI=1S/C17H27N3O2S.ClH/c1-10(2)14-9-23-17(19-14)16(22)20-15(12-7-13(21)8-12)11-3-5-18-6-4-11;/h9-13,15,18,21H,3-8H2,1-2H3,(H,20,22);1H. The van der Waals surface area contributed by atoms with E-state index in [1.54, 1.807) is 0 Å². The number of carbonyl (C=O) groups is 1. The molecular formula is C17H28ClN3O2S. The molecule has 3 rings (SSSR count). The average Bonchev–Trinajstić information content (AvgIpc) is 3.01. The van der Waals surface area contributed by atoms with Crippen molar-refractivity contribution in [2.75, 3.05) is 13.1 Å². The van der Waals surface area contributed by atoms with E-state index in [0.717, 1.165) is 44.5 Å². The van der Waals surface area contributed by atoms with Crippen LogP contribution >= 0.6 is 23.7 Å². The highest BCUT2D eigenvalue weighted by atomic mass is 35.5. The zero-order valence-electron chi connectivity index (χ0n) is 14.3. The first-order valence-corrected chi connectivity index (χ1v) is 9.57. The van der Waals surface area contributed by atoms with Gasteiger partial charge >= 0.3 is 0 Å². The number of amides is 1. The van der Waals surface area contributed by atoms with E-state index >= 15 is 0 Å². The maximum absolute atomic E-state index is 12.6. The molecular weight excluding hydrogens is 346 g/mol. The van der Waals surface area contributed by atoms with Gasteiger partial charge in [0.25, 0.3) is 5.91 Å². The summed E-state index contributed by atoms with van der Waals surface area (Å²) in [5, 5.41) is 18.8. The van der Waals surface area contributed by atoms with E-state index in [1.807, 2.05) is 5.38 Å². The molecule has 1 unspecified atom stereocenters. The molecule has 136 valence electrons. The highest BCUT2D eigenvalue weighted by Gasteiger charge is 2.39. The van der Waals surface area contributed by atoms with E-state index in [1.165, 1.54) is 11.3 Å². The lowest BCUT2D eigenvalue weighted by Crippen LogP contribution is -2.52. The van der Waals surface area contributed by atoms with Crippen molar-refractivity contribution in [3.05, 3.63) is 16.1 Å². The van der Waals surface area contributed by atoms with Gasteiger partial charge in [-0.1, -0.05) is 13.8 Å². The Morgan fingerprint density at radius 1 is 1.33 bits per heavy atom. The lowest BCUT2D eigenvalue weighted by atomic mass is 9.71. The minimum absolute atomic E-state index is 0. The van der Waals surface area contributed by atoms with Crippen LogP contribution < -0.4 is 10.6 Å². The van der Waals surface area contributed by atoms with Crippen molar-refractivity contribution in [1.82, 2.24) is 15.6 Å². The highest BCUT2D eigenvalue weighted by Crippen LogP contribution is 2.36. The molecule has 1 aliphatic carbocycles. The SMILES string of the molecule is CC(C)c1csc(C(=O)NC(C2CCNCC2)C2CC(O)C2)n1.Cl. The van der Waals surface area contributed by atoms with Crippen LogP contribution in [-0.2, 0) is 0 Å². The third-order valence-electron chi connectivity index (χ3n) is 5.15. The van der Waals surface area contributed by atoms with Crippen molar-refractivity contribution in [2.24, 2.45) is 11.8 Å². The largest absolute Gasteiger partial charge is 0.393 e. The molecule has 2 aliphatic rings. The van der Waals surface area contributed by atoms with E-state index in [0.29, 0.717) is 22.8 Å². The summed E-state index contributed by atoms with van der Waals surface area (Å²) in [5.74, 6) is 1.20. The first-order chi connectivity index (χ1) is 11.0. The topological polar surface area (TPSA) is 74.2 Å². The molecule has 0 bridgehead atoms. The van der Waals surface area contributed by atoms with Gasteiger partial charge in [0.2, 0.25) is 0 Å². The highest BCUT2D eigenvalue weighted by molar-refractivity contribution is 7.11. The van der Waals surface area contributed by atoms with Crippen molar-refractivity contribution in [2.45, 2.75) is 57.6 Å². The summed E-state index contributed by atoms with van der Waals surface area (Å²) >= 11 is 1.43. The van der Waals surface area contributed by atoms with Crippen molar-refractivity contribution in [3.63, 3.8) is 0 Å². The van der Waals surface area contributed by atoms with Crippen molar-refractivity contribution < 1.29 is 9.90 Å². The van der Waals surface area contributed by atoms with E-state index < -0.39 is 0 Å². The number of piperidine rings is 1. The zero-order valence-corrected chi connectivity index (χ0v) is 16.0. The second kappa shape index (κ2) is 8.61. The number of hydrogen-bond donors (Lipinski definition) is 3. The Kier molecular flexibility index (Phi) is 7.04. The molecule has 1 aliphatic heterocycles. The number of thiazole rings is 1. The predicted molar refractivity (Wildman–Crippen MR) is 99.0 cm³/mol. The maximum Gasteiger partial charge on any atom is 0.280 e. The summed E-state index contributed by atoms with van der Waals surface area (Å²) in [4.78, 5) is 17.1. The molecule has 1 aromatic rings. The Morgan fingerprint density at radius 2 is 2.00 bits per heavy atom.